The van der Waals surface area contributed by atoms with Gasteiger partial charge in [-0.2, -0.15) is 0 Å². The van der Waals surface area contributed by atoms with Crippen LogP contribution in [0.2, 0.25) is 10.0 Å². The SMILES string of the molecule is CC1(C)CC(C(N)Cc2ccc(Cl)c(Cl)c2)C(C)(C)O1. The Hall–Kier alpha value is -0.280. The highest BCUT2D eigenvalue weighted by Crippen LogP contribution is 2.43. The number of hydrogen-bond acceptors (Lipinski definition) is 2. The van der Waals surface area contributed by atoms with E-state index in [1.807, 2.05) is 18.2 Å². The fraction of sp³-hybridized carbons (Fsp3) is 0.625. The normalized spacial score (nSPS) is 25.6. The molecule has 0 saturated carbocycles. The van der Waals surface area contributed by atoms with Crippen LogP contribution in [0.15, 0.2) is 18.2 Å². The number of hydrogen-bond donors (Lipinski definition) is 1. The van der Waals surface area contributed by atoms with Crippen LogP contribution in [0.4, 0.5) is 0 Å². The molecule has 1 aliphatic heterocycles. The molecule has 0 spiro atoms. The first-order valence-corrected chi connectivity index (χ1v) is 7.76. The van der Waals surface area contributed by atoms with Crippen LogP contribution in [-0.2, 0) is 11.2 Å². The van der Waals surface area contributed by atoms with Gasteiger partial charge >= 0.3 is 0 Å². The predicted octanol–water partition coefficient (Wildman–Crippen LogP) is 4.46. The molecule has 0 amide bonds. The van der Waals surface area contributed by atoms with Gasteiger partial charge in [0.1, 0.15) is 0 Å². The second-order valence-electron chi connectivity index (χ2n) is 6.89. The Bertz CT molecular complexity index is 499. The van der Waals surface area contributed by atoms with E-state index >= 15 is 0 Å². The second-order valence-corrected chi connectivity index (χ2v) is 7.71. The van der Waals surface area contributed by atoms with Crippen LogP contribution in [0.3, 0.4) is 0 Å². The summed E-state index contributed by atoms with van der Waals surface area (Å²) in [5, 5.41) is 1.16. The highest BCUT2D eigenvalue weighted by Gasteiger charge is 2.47. The summed E-state index contributed by atoms with van der Waals surface area (Å²) in [5.41, 5.74) is 7.25. The number of ether oxygens (including phenoxy) is 1. The first kappa shape index (κ1) is 16.1. The molecule has 2 unspecified atom stereocenters. The summed E-state index contributed by atoms with van der Waals surface area (Å²) in [6, 6.07) is 5.76. The summed E-state index contributed by atoms with van der Waals surface area (Å²) >= 11 is 12.0. The molecule has 1 aromatic carbocycles. The predicted molar refractivity (Wildman–Crippen MR) is 85.5 cm³/mol. The van der Waals surface area contributed by atoms with Crippen LogP contribution in [0.25, 0.3) is 0 Å². The van der Waals surface area contributed by atoms with Gasteiger partial charge in [0, 0.05) is 12.0 Å². The van der Waals surface area contributed by atoms with E-state index < -0.39 is 0 Å². The van der Waals surface area contributed by atoms with Crippen LogP contribution in [-0.4, -0.2) is 17.2 Å². The molecule has 4 heteroatoms. The van der Waals surface area contributed by atoms with E-state index in [2.05, 4.69) is 27.7 Å². The third kappa shape index (κ3) is 3.48. The summed E-state index contributed by atoms with van der Waals surface area (Å²) in [5.74, 6) is 0.326. The van der Waals surface area contributed by atoms with E-state index in [0.717, 1.165) is 18.4 Å². The van der Waals surface area contributed by atoms with Crippen LogP contribution < -0.4 is 5.73 Å². The molecular formula is C16H23Cl2NO. The fourth-order valence-corrected chi connectivity index (χ4v) is 3.67. The van der Waals surface area contributed by atoms with Gasteiger partial charge in [-0.3, -0.25) is 0 Å². The minimum Gasteiger partial charge on any atom is -0.369 e. The first-order valence-electron chi connectivity index (χ1n) is 7.00. The van der Waals surface area contributed by atoms with E-state index in [4.69, 9.17) is 33.7 Å². The molecule has 2 rings (SSSR count). The van der Waals surface area contributed by atoms with E-state index in [1.54, 1.807) is 0 Å². The van der Waals surface area contributed by atoms with Gasteiger partial charge in [-0.05, 0) is 58.2 Å². The van der Waals surface area contributed by atoms with Crippen molar-refractivity contribution in [3.05, 3.63) is 33.8 Å². The van der Waals surface area contributed by atoms with Crippen LogP contribution in [0, 0.1) is 5.92 Å². The van der Waals surface area contributed by atoms with Crippen molar-refractivity contribution in [3.8, 4) is 0 Å². The molecule has 0 aromatic heterocycles. The third-order valence-electron chi connectivity index (χ3n) is 4.12. The molecule has 20 heavy (non-hydrogen) atoms. The third-order valence-corrected chi connectivity index (χ3v) is 4.86. The largest absolute Gasteiger partial charge is 0.369 e. The van der Waals surface area contributed by atoms with Crippen LogP contribution >= 0.6 is 23.2 Å². The standard InChI is InChI=1S/C16H23Cl2NO/c1-15(2)9-11(16(3,4)20-15)14(19)8-10-5-6-12(17)13(18)7-10/h5-7,11,14H,8-9,19H2,1-4H3. The molecule has 2 atom stereocenters. The van der Waals surface area contributed by atoms with Crippen molar-refractivity contribution in [1.29, 1.82) is 0 Å². The average Bonchev–Trinajstić information content (AvgIpc) is 2.52. The Morgan fingerprint density at radius 1 is 1.25 bits per heavy atom. The van der Waals surface area contributed by atoms with Crippen molar-refractivity contribution in [3.63, 3.8) is 0 Å². The monoisotopic (exact) mass is 315 g/mol. The lowest BCUT2D eigenvalue weighted by Gasteiger charge is -2.31. The quantitative estimate of drug-likeness (QED) is 0.894. The summed E-state index contributed by atoms with van der Waals surface area (Å²) in [4.78, 5) is 0. The van der Waals surface area contributed by atoms with Crippen LogP contribution in [0.5, 0.6) is 0 Å². The zero-order chi connectivity index (χ0) is 15.1. The van der Waals surface area contributed by atoms with E-state index in [0.29, 0.717) is 16.0 Å². The summed E-state index contributed by atoms with van der Waals surface area (Å²) < 4.78 is 6.12. The molecular weight excluding hydrogens is 293 g/mol. The van der Waals surface area contributed by atoms with Crippen molar-refractivity contribution in [2.24, 2.45) is 11.7 Å². The average molecular weight is 316 g/mol. The van der Waals surface area contributed by atoms with E-state index in [-0.39, 0.29) is 17.2 Å². The Kier molecular flexibility index (Phi) is 4.42. The maximum absolute atomic E-state index is 6.44. The lowest BCUT2D eigenvalue weighted by molar-refractivity contribution is -0.0765. The molecule has 112 valence electrons. The molecule has 0 radical (unpaired) electrons. The zero-order valence-electron chi connectivity index (χ0n) is 12.5. The van der Waals surface area contributed by atoms with Crippen molar-refractivity contribution in [1.82, 2.24) is 0 Å². The lowest BCUT2D eigenvalue weighted by atomic mass is 9.80. The Balaban J connectivity index is 2.12. The second kappa shape index (κ2) is 5.49. The van der Waals surface area contributed by atoms with Gasteiger partial charge in [0.2, 0.25) is 0 Å². The topological polar surface area (TPSA) is 35.2 Å². The maximum Gasteiger partial charge on any atom is 0.0677 e. The zero-order valence-corrected chi connectivity index (χ0v) is 14.1. The van der Waals surface area contributed by atoms with Gasteiger partial charge in [0.25, 0.3) is 0 Å². The lowest BCUT2D eigenvalue weighted by Crippen LogP contribution is -2.42. The summed E-state index contributed by atoms with van der Waals surface area (Å²) in [7, 11) is 0. The van der Waals surface area contributed by atoms with Crippen molar-refractivity contribution < 1.29 is 4.74 Å². The Labute approximate surface area is 131 Å². The Morgan fingerprint density at radius 2 is 1.90 bits per heavy atom. The van der Waals surface area contributed by atoms with Gasteiger partial charge in [0.15, 0.2) is 0 Å². The minimum atomic E-state index is -0.195. The molecule has 0 aliphatic carbocycles. The number of rotatable bonds is 3. The van der Waals surface area contributed by atoms with Gasteiger partial charge < -0.3 is 10.5 Å². The first-order chi connectivity index (χ1) is 9.11. The molecule has 1 heterocycles. The molecule has 0 bridgehead atoms. The Morgan fingerprint density at radius 3 is 2.40 bits per heavy atom. The number of nitrogens with two attached hydrogens (primary N) is 1. The highest BCUT2D eigenvalue weighted by atomic mass is 35.5. The summed E-state index contributed by atoms with van der Waals surface area (Å²) in [6.45, 7) is 8.50. The van der Waals surface area contributed by atoms with Crippen molar-refractivity contribution >= 4 is 23.2 Å². The molecule has 2 nitrogen and oxygen atoms in total. The van der Waals surface area contributed by atoms with Gasteiger partial charge in [0.05, 0.1) is 21.2 Å². The maximum atomic E-state index is 6.44. The number of halogens is 2. The smallest absolute Gasteiger partial charge is 0.0677 e. The molecule has 1 aromatic rings. The van der Waals surface area contributed by atoms with E-state index in [1.165, 1.54) is 0 Å². The van der Waals surface area contributed by atoms with Crippen molar-refractivity contribution in [2.75, 3.05) is 0 Å². The van der Waals surface area contributed by atoms with Gasteiger partial charge in [-0.1, -0.05) is 29.3 Å². The summed E-state index contributed by atoms with van der Waals surface area (Å²) in [6.07, 6.45) is 1.76. The van der Waals surface area contributed by atoms with Gasteiger partial charge in [-0.25, -0.2) is 0 Å². The van der Waals surface area contributed by atoms with Gasteiger partial charge in [-0.15, -0.1) is 0 Å². The number of benzene rings is 1. The minimum absolute atomic E-state index is 0.0454. The van der Waals surface area contributed by atoms with Crippen LogP contribution in [0.1, 0.15) is 39.7 Å². The highest BCUT2D eigenvalue weighted by molar-refractivity contribution is 6.42. The molecule has 2 N–H and O–H groups in total. The molecule has 1 fully saturated rings. The van der Waals surface area contributed by atoms with Crippen molar-refractivity contribution in [2.45, 2.75) is 57.8 Å². The molecule has 1 aliphatic rings. The van der Waals surface area contributed by atoms with E-state index in [9.17, 15) is 0 Å². The fourth-order valence-electron chi connectivity index (χ4n) is 3.35. The molecule has 1 saturated heterocycles.